The molecule has 0 atom stereocenters. The minimum Gasteiger partial charge on any atom is -0.300 e. The highest BCUT2D eigenvalue weighted by molar-refractivity contribution is 8.18. The maximum Gasteiger partial charge on any atom is 0.264 e. The summed E-state index contributed by atoms with van der Waals surface area (Å²) in [6.45, 7) is 4.08. The number of thiophene rings is 1. The van der Waals surface area contributed by atoms with Gasteiger partial charge in [0.05, 0.1) is 10.6 Å². The smallest absolute Gasteiger partial charge is 0.264 e. The van der Waals surface area contributed by atoms with Crippen molar-refractivity contribution in [1.82, 2.24) is 5.32 Å². The monoisotopic (exact) mass is 314 g/mol. The Kier molecular flexibility index (Phi) is 3.94. The standard InChI is InChI=1S/C16H14N2OS2/c1-10-5-6-13(11(2)8-10)17-16-18-15(19)14(21-16)9-12-4-3-7-20-12/h3-9H,1-2H3,(H,17,18,19)/b14-9-. The molecule has 1 aliphatic heterocycles. The summed E-state index contributed by atoms with van der Waals surface area (Å²) in [5.41, 5.74) is 3.20. The summed E-state index contributed by atoms with van der Waals surface area (Å²) in [7, 11) is 0. The number of nitrogens with zero attached hydrogens (tertiary/aromatic N) is 1. The predicted octanol–water partition coefficient (Wildman–Crippen LogP) is 4.26. The second-order valence-electron chi connectivity index (χ2n) is 4.79. The first kappa shape index (κ1) is 14.1. The van der Waals surface area contributed by atoms with E-state index in [4.69, 9.17) is 0 Å². The molecule has 0 radical (unpaired) electrons. The van der Waals surface area contributed by atoms with Crippen LogP contribution in [0, 0.1) is 13.8 Å². The maximum absolute atomic E-state index is 12.0. The minimum atomic E-state index is -0.0862. The molecule has 1 fully saturated rings. The average molecular weight is 314 g/mol. The fourth-order valence-corrected chi connectivity index (χ4v) is 3.58. The van der Waals surface area contributed by atoms with Crippen LogP contribution in [0.1, 0.15) is 16.0 Å². The predicted molar refractivity (Wildman–Crippen MR) is 91.0 cm³/mol. The van der Waals surface area contributed by atoms with Gasteiger partial charge in [0.1, 0.15) is 0 Å². The first-order chi connectivity index (χ1) is 10.1. The van der Waals surface area contributed by atoms with E-state index in [1.165, 1.54) is 17.3 Å². The Bertz CT molecular complexity index is 746. The number of carbonyl (C=O) groups is 1. The molecule has 3 rings (SSSR count). The SMILES string of the molecule is Cc1ccc(N=C2NC(=O)/C(=C/c3cccs3)S2)c(C)c1. The van der Waals surface area contributed by atoms with Crippen molar-refractivity contribution < 1.29 is 4.79 Å². The van der Waals surface area contributed by atoms with Crippen LogP contribution in [0.15, 0.2) is 45.6 Å². The highest BCUT2D eigenvalue weighted by atomic mass is 32.2. The van der Waals surface area contributed by atoms with Gasteiger partial charge in [0.2, 0.25) is 0 Å². The molecule has 0 aliphatic carbocycles. The zero-order valence-corrected chi connectivity index (χ0v) is 13.3. The second-order valence-corrected chi connectivity index (χ2v) is 6.80. The van der Waals surface area contributed by atoms with Gasteiger partial charge in [-0.3, -0.25) is 4.79 Å². The van der Waals surface area contributed by atoms with Crippen LogP contribution in [0.2, 0.25) is 0 Å². The van der Waals surface area contributed by atoms with Crippen LogP contribution in [0.3, 0.4) is 0 Å². The molecule has 1 aliphatic rings. The molecule has 21 heavy (non-hydrogen) atoms. The van der Waals surface area contributed by atoms with Crippen molar-refractivity contribution in [2.75, 3.05) is 0 Å². The number of thioether (sulfide) groups is 1. The molecule has 0 bridgehead atoms. The summed E-state index contributed by atoms with van der Waals surface area (Å²) in [5.74, 6) is -0.0862. The molecular weight excluding hydrogens is 300 g/mol. The largest absolute Gasteiger partial charge is 0.300 e. The number of hydrogen-bond donors (Lipinski definition) is 1. The normalized spacial score (nSPS) is 18.5. The molecule has 0 saturated carbocycles. The number of nitrogens with one attached hydrogen (secondary N) is 1. The number of amides is 1. The molecule has 2 heterocycles. The lowest BCUT2D eigenvalue weighted by Crippen LogP contribution is -2.19. The molecule has 1 saturated heterocycles. The van der Waals surface area contributed by atoms with Crippen molar-refractivity contribution in [1.29, 1.82) is 0 Å². The molecule has 106 valence electrons. The summed E-state index contributed by atoms with van der Waals surface area (Å²) in [6, 6.07) is 10.1. The molecule has 1 N–H and O–H groups in total. The van der Waals surface area contributed by atoms with Gasteiger partial charge in [-0.05, 0) is 54.8 Å². The van der Waals surface area contributed by atoms with E-state index in [1.54, 1.807) is 11.3 Å². The summed E-state index contributed by atoms with van der Waals surface area (Å²) in [4.78, 5) is 18.3. The number of hydrogen-bond acceptors (Lipinski definition) is 4. The second kappa shape index (κ2) is 5.87. The van der Waals surface area contributed by atoms with Gasteiger partial charge in [-0.25, -0.2) is 4.99 Å². The zero-order chi connectivity index (χ0) is 14.8. The topological polar surface area (TPSA) is 41.5 Å². The third-order valence-corrected chi connectivity index (χ3v) is 4.77. The van der Waals surface area contributed by atoms with Crippen LogP contribution in [-0.2, 0) is 4.79 Å². The van der Waals surface area contributed by atoms with E-state index in [1.807, 2.05) is 42.6 Å². The van der Waals surface area contributed by atoms with Crippen LogP contribution in [0.5, 0.6) is 0 Å². The summed E-state index contributed by atoms with van der Waals surface area (Å²) in [6.07, 6.45) is 1.90. The van der Waals surface area contributed by atoms with E-state index in [2.05, 4.69) is 23.3 Å². The van der Waals surface area contributed by atoms with Gasteiger partial charge in [0, 0.05) is 4.88 Å². The van der Waals surface area contributed by atoms with Gasteiger partial charge in [-0.1, -0.05) is 23.8 Å². The van der Waals surface area contributed by atoms with Crippen LogP contribution in [0.25, 0.3) is 6.08 Å². The number of aliphatic imine (C=N–C) groups is 1. The van der Waals surface area contributed by atoms with E-state index in [-0.39, 0.29) is 5.91 Å². The van der Waals surface area contributed by atoms with Gasteiger partial charge in [-0.2, -0.15) is 0 Å². The van der Waals surface area contributed by atoms with Crippen LogP contribution in [0.4, 0.5) is 5.69 Å². The Labute approximate surface area is 131 Å². The van der Waals surface area contributed by atoms with Gasteiger partial charge in [0.15, 0.2) is 5.17 Å². The summed E-state index contributed by atoms with van der Waals surface area (Å²) >= 11 is 2.99. The van der Waals surface area contributed by atoms with E-state index in [0.29, 0.717) is 10.1 Å². The number of carbonyl (C=O) groups excluding carboxylic acids is 1. The minimum absolute atomic E-state index is 0.0862. The Morgan fingerprint density at radius 1 is 1.24 bits per heavy atom. The molecule has 3 nitrogen and oxygen atoms in total. The van der Waals surface area contributed by atoms with Crippen molar-refractivity contribution in [3.05, 3.63) is 56.6 Å². The fourth-order valence-electron chi connectivity index (χ4n) is 2.02. The third kappa shape index (κ3) is 3.25. The molecule has 1 aromatic heterocycles. The first-order valence-electron chi connectivity index (χ1n) is 6.52. The maximum atomic E-state index is 12.0. The highest BCUT2D eigenvalue weighted by Gasteiger charge is 2.24. The number of amidine groups is 1. The van der Waals surface area contributed by atoms with Gasteiger partial charge < -0.3 is 5.32 Å². The van der Waals surface area contributed by atoms with Crippen molar-refractivity contribution in [2.45, 2.75) is 13.8 Å². The third-order valence-electron chi connectivity index (χ3n) is 3.04. The number of benzene rings is 1. The van der Waals surface area contributed by atoms with Crippen LogP contribution in [-0.4, -0.2) is 11.1 Å². The Morgan fingerprint density at radius 3 is 2.81 bits per heavy atom. The van der Waals surface area contributed by atoms with Crippen LogP contribution >= 0.6 is 23.1 Å². The lowest BCUT2D eigenvalue weighted by atomic mass is 10.1. The average Bonchev–Trinajstić information content (AvgIpc) is 3.04. The summed E-state index contributed by atoms with van der Waals surface area (Å²) < 4.78 is 0. The molecular formula is C16H14N2OS2. The Balaban J connectivity index is 1.85. The van der Waals surface area contributed by atoms with Gasteiger partial charge >= 0.3 is 0 Å². The zero-order valence-electron chi connectivity index (χ0n) is 11.7. The molecule has 0 spiro atoms. The Hall–Kier alpha value is -1.85. The quantitative estimate of drug-likeness (QED) is 0.842. The van der Waals surface area contributed by atoms with E-state index in [9.17, 15) is 4.79 Å². The lowest BCUT2D eigenvalue weighted by Gasteiger charge is -2.02. The van der Waals surface area contributed by atoms with Gasteiger partial charge in [-0.15, -0.1) is 11.3 Å². The Morgan fingerprint density at radius 2 is 2.10 bits per heavy atom. The van der Waals surface area contributed by atoms with E-state index in [0.717, 1.165) is 16.1 Å². The molecule has 2 aromatic rings. The van der Waals surface area contributed by atoms with Crippen molar-refractivity contribution in [2.24, 2.45) is 4.99 Å². The molecule has 0 unspecified atom stereocenters. The van der Waals surface area contributed by atoms with Crippen molar-refractivity contribution in [3.63, 3.8) is 0 Å². The molecule has 1 aromatic carbocycles. The molecule has 1 amide bonds. The molecule has 5 heteroatoms. The first-order valence-corrected chi connectivity index (χ1v) is 8.22. The van der Waals surface area contributed by atoms with E-state index >= 15 is 0 Å². The number of rotatable bonds is 2. The highest BCUT2D eigenvalue weighted by Crippen LogP contribution is 2.30. The summed E-state index contributed by atoms with van der Waals surface area (Å²) in [5, 5.41) is 5.45. The lowest BCUT2D eigenvalue weighted by molar-refractivity contribution is -0.115. The number of aryl methyl sites for hydroxylation is 2. The van der Waals surface area contributed by atoms with E-state index < -0.39 is 0 Å². The van der Waals surface area contributed by atoms with Crippen molar-refractivity contribution in [3.8, 4) is 0 Å². The van der Waals surface area contributed by atoms with Gasteiger partial charge in [0.25, 0.3) is 5.91 Å². The van der Waals surface area contributed by atoms with Crippen molar-refractivity contribution >= 4 is 45.9 Å². The fraction of sp³-hybridized carbons (Fsp3) is 0.125. The van der Waals surface area contributed by atoms with Crippen LogP contribution < -0.4 is 5.32 Å².